The van der Waals surface area contributed by atoms with Crippen molar-refractivity contribution in [1.29, 1.82) is 0 Å². The average Bonchev–Trinajstić information content (AvgIpc) is 3.20. The number of hydrogen-bond donors (Lipinski definition) is 5. The Bertz CT molecular complexity index is 1270. The van der Waals surface area contributed by atoms with Crippen LogP contribution in [-0.2, 0) is 6.54 Å². The molecule has 2 aliphatic heterocycles. The van der Waals surface area contributed by atoms with E-state index in [1.165, 1.54) is 18.3 Å². The number of aliphatic hydroxyl groups is 1. The lowest BCUT2D eigenvalue weighted by Gasteiger charge is -2.17. The van der Waals surface area contributed by atoms with E-state index in [1.54, 1.807) is 13.0 Å². The van der Waals surface area contributed by atoms with Gasteiger partial charge in [-0.3, -0.25) is 9.69 Å². The van der Waals surface area contributed by atoms with Crippen LogP contribution in [0, 0.1) is 18.7 Å². The van der Waals surface area contributed by atoms with Gasteiger partial charge in [0.05, 0.1) is 22.7 Å². The summed E-state index contributed by atoms with van der Waals surface area (Å²) in [4.78, 5) is 19.8. The Morgan fingerprint density at radius 2 is 2.03 bits per heavy atom. The summed E-state index contributed by atoms with van der Waals surface area (Å²) < 4.78 is 14.5. The summed E-state index contributed by atoms with van der Waals surface area (Å²) in [6.45, 7) is 4.33. The van der Waals surface area contributed by atoms with Gasteiger partial charge in [-0.15, -0.1) is 0 Å². The lowest BCUT2D eigenvalue weighted by atomic mass is 10.1. The van der Waals surface area contributed by atoms with Crippen molar-refractivity contribution in [3.63, 3.8) is 0 Å². The number of amides is 1. The zero-order valence-electron chi connectivity index (χ0n) is 18.7. The Labute approximate surface area is 196 Å². The molecule has 3 aromatic rings. The summed E-state index contributed by atoms with van der Waals surface area (Å²) in [6, 6.07) is 9.95. The van der Waals surface area contributed by atoms with Crippen molar-refractivity contribution in [2.45, 2.75) is 19.9 Å². The molecule has 1 amide bonds. The number of carbonyl (C=O) groups is 1. The molecule has 0 radical (unpaired) electrons. The van der Waals surface area contributed by atoms with Gasteiger partial charge < -0.3 is 26.2 Å². The summed E-state index contributed by atoms with van der Waals surface area (Å²) in [5.41, 5.74) is 3.46. The number of fused-ring (bicyclic) bond motifs is 2. The zero-order chi connectivity index (χ0) is 23.8. The minimum atomic E-state index is -0.541. The maximum atomic E-state index is 14.5. The lowest BCUT2D eigenvalue weighted by Crippen LogP contribution is -2.21. The van der Waals surface area contributed by atoms with E-state index in [1.807, 2.05) is 18.2 Å². The average molecular weight is 464 g/mol. The molecule has 1 unspecified atom stereocenters. The van der Waals surface area contributed by atoms with Crippen molar-refractivity contribution in [1.82, 2.24) is 9.88 Å². The predicted octanol–water partition coefficient (Wildman–Crippen LogP) is 4.10. The van der Waals surface area contributed by atoms with E-state index in [0.29, 0.717) is 34.4 Å². The molecule has 5 N–H and O–H groups in total. The molecule has 2 aliphatic rings. The van der Waals surface area contributed by atoms with Crippen LogP contribution in [0.5, 0.6) is 5.75 Å². The third-order valence-electron chi connectivity index (χ3n) is 6.35. The van der Waals surface area contributed by atoms with Crippen LogP contribution in [0.1, 0.15) is 27.9 Å². The number of likely N-dealkylation sites (tertiary alicyclic amines) is 1. The van der Waals surface area contributed by atoms with Crippen LogP contribution in [0.15, 0.2) is 42.6 Å². The highest BCUT2D eigenvalue weighted by Crippen LogP contribution is 2.36. The van der Waals surface area contributed by atoms with Gasteiger partial charge in [-0.1, -0.05) is 6.07 Å². The topological polar surface area (TPSA) is 110 Å². The molecule has 2 aromatic carbocycles. The molecular formula is C25H26FN5O3. The molecule has 0 saturated carbocycles. The number of benzene rings is 2. The quantitative estimate of drug-likeness (QED) is 0.388. The van der Waals surface area contributed by atoms with Crippen LogP contribution in [0.2, 0.25) is 0 Å². The van der Waals surface area contributed by atoms with Crippen LogP contribution in [0.25, 0.3) is 0 Å². The van der Waals surface area contributed by atoms with E-state index in [4.69, 9.17) is 0 Å². The molecule has 1 aromatic heterocycles. The van der Waals surface area contributed by atoms with Gasteiger partial charge in [-0.25, -0.2) is 9.37 Å². The first kappa shape index (κ1) is 22.1. The van der Waals surface area contributed by atoms with Crippen LogP contribution >= 0.6 is 0 Å². The van der Waals surface area contributed by atoms with Gasteiger partial charge in [0.2, 0.25) is 0 Å². The molecule has 9 heteroatoms. The molecule has 0 spiro atoms. The maximum Gasteiger partial charge on any atom is 0.261 e. The Balaban J connectivity index is 1.41. The van der Waals surface area contributed by atoms with Gasteiger partial charge in [0.15, 0.2) is 0 Å². The Morgan fingerprint density at radius 3 is 2.82 bits per heavy atom. The normalized spacial score (nSPS) is 17.4. The van der Waals surface area contributed by atoms with Crippen molar-refractivity contribution < 1.29 is 19.4 Å². The number of phenols is 1. The first-order chi connectivity index (χ1) is 16.4. The van der Waals surface area contributed by atoms with E-state index in [0.717, 1.165) is 31.6 Å². The number of aromatic hydroxyl groups is 1. The number of nitrogens with one attached hydrogen (secondary N) is 3. The first-order valence-corrected chi connectivity index (χ1v) is 11.2. The fourth-order valence-electron chi connectivity index (χ4n) is 4.47. The minimum Gasteiger partial charge on any atom is -0.508 e. The SMILES string of the molecule is Cc1cc(F)c(Nc2ccnc3c2C(=O)Nc2cc(CN4CCC(CO)C4)ccc2N3)cc1O. The number of aryl methyl sites for hydroxylation is 1. The number of pyridine rings is 1. The second-order valence-corrected chi connectivity index (χ2v) is 8.86. The summed E-state index contributed by atoms with van der Waals surface area (Å²) in [7, 11) is 0. The van der Waals surface area contributed by atoms with Gasteiger partial charge in [0, 0.05) is 32.0 Å². The molecule has 34 heavy (non-hydrogen) atoms. The van der Waals surface area contributed by atoms with Gasteiger partial charge in [0.25, 0.3) is 5.91 Å². The molecule has 1 saturated heterocycles. The molecule has 176 valence electrons. The standard InChI is InChI=1S/C25H26FN5O3/c1-14-8-17(26)20(10-22(14)33)28-19-4-6-27-24-23(19)25(34)30-21-9-15(2-3-18(21)29-24)11-31-7-5-16(12-31)13-32/h2-4,6,8-10,16,32-33H,5,7,11-13H2,1H3,(H,30,34)(H2,27,28,29). The summed E-state index contributed by atoms with van der Waals surface area (Å²) >= 11 is 0. The molecule has 0 bridgehead atoms. The van der Waals surface area contributed by atoms with Crippen molar-refractivity contribution in [2.24, 2.45) is 5.92 Å². The molecule has 3 heterocycles. The molecule has 8 nitrogen and oxygen atoms in total. The monoisotopic (exact) mass is 463 g/mol. The Kier molecular flexibility index (Phi) is 5.80. The number of nitrogens with zero attached hydrogens (tertiary/aromatic N) is 2. The van der Waals surface area contributed by atoms with Gasteiger partial charge in [-0.05, 0) is 61.2 Å². The third-order valence-corrected chi connectivity index (χ3v) is 6.35. The number of rotatable bonds is 5. The van der Waals surface area contributed by atoms with Gasteiger partial charge >= 0.3 is 0 Å². The fourth-order valence-corrected chi connectivity index (χ4v) is 4.47. The first-order valence-electron chi connectivity index (χ1n) is 11.2. The fraction of sp³-hybridized carbons (Fsp3) is 0.280. The largest absolute Gasteiger partial charge is 0.508 e. The number of anilines is 5. The number of carbonyl (C=O) groups excluding carboxylic acids is 1. The number of aromatic nitrogens is 1. The predicted molar refractivity (Wildman–Crippen MR) is 128 cm³/mol. The van der Waals surface area contributed by atoms with Crippen LogP contribution in [0.3, 0.4) is 0 Å². The number of aliphatic hydroxyl groups excluding tert-OH is 1. The van der Waals surface area contributed by atoms with Crippen molar-refractivity contribution in [3.8, 4) is 5.75 Å². The number of hydrogen-bond acceptors (Lipinski definition) is 7. The van der Waals surface area contributed by atoms with Gasteiger partial charge in [-0.2, -0.15) is 0 Å². The van der Waals surface area contributed by atoms with Crippen molar-refractivity contribution in [3.05, 3.63) is 65.1 Å². The maximum absolute atomic E-state index is 14.5. The lowest BCUT2D eigenvalue weighted by molar-refractivity contribution is 0.102. The van der Waals surface area contributed by atoms with Gasteiger partial charge in [0.1, 0.15) is 22.9 Å². The number of halogens is 1. The number of phenolic OH excluding ortho intramolecular Hbond substituents is 1. The zero-order valence-corrected chi connectivity index (χ0v) is 18.7. The smallest absolute Gasteiger partial charge is 0.261 e. The second-order valence-electron chi connectivity index (χ2n) is 8.86. The summed E-state index contributed by atoms with van der Waals surface area (Å²) in [6.07, 6.45) is 2.51. The van der Waals surface area contributed by atoms with E-state index in [2.05, 4.69) is 25.8 Å². The highest BCUT2D eigenvalue weighted by molar-refractivity contribution is 6.15. The van der Waals surface area contributed by atoms with E-state index < -0.39 is 5.82 Å². The molecule has 0 aliphatic carbocycles. The van der Waals surface area contributed by atoms with Crippen LogP contribution in [0.4, 0.5) is 33.0 Å². The molecule has 1 fully saturated rings. The highest BCUT2D eigenvalue weighted by atomic mass is 19.1. The Hall–Kier alpha value is -3.69. The van der Waals surface area contributed by atoms with E-state index in [9.17, 15) is 19.4 Å². The third kappa shape index (κ3) is 4.27. The second kappa shape index (κ2) is 8.92. The minimum absolute atomic E-state index is 0.0464. The van der Waals surface area contributed by atoms with Crippen molar-refractivity contribution in [2.75, 3.05) is 35.6 Å². The van der Waals surface area contributed by atoms with E-state index in [-0.39, 0.29) is 29.5 Å². The molecule has 1 atom stereocenters. The highest BCUT2D eigenvalue weighted by Gasteiger charge is 2.25. The molecular weight excluding hydrogens is 437 g/mol. The Morgan fingerprint density at radius 1 is 1.18 bits per heavy atom. The summed E-state index contributed by atoms with van der Waals surface area (Å²) in [5, 5.41) is 28.4. The van der Waals surface area contributed by atoms with Crippen molar-refractivity contribution >= 4 is 34.5 Å². The van der Waals surface area contributed by atoms with Crippen LogP contribution < -0.4 is 16.0 Å². The summed E-state index contributed by atoms with van der Waals surface area (Å²) in [5.74, 6) is -0.312. The van der Waals surface area contributed by atoms with Crippen LogP contribution in [-0.4, -0.2) is 45.7 Å². The van der Waals surface area contributed by atoms with E-state index >= 15 is 0 Å². The molecule has 5 rings (SSSR count).